The minimum Gasteiger partial charge on any atom is -0.467 e. The number of likely N-dealkylation sites (tertiary alicyclic amines) is 1. The number of unbranched alkanes of at least 4 members (excludes halogenated alkanes) is 2. The molecule has 2 rings (SSSR count). The van der Waals surface area contributed by atoms with E-state index in [2.05, 4.69) is 4.74 Å². The molecule has 1 aromatic rings. The van der Waals surface area contributed by atoms with Gasteiger partial charge in [0.1, 0.15) is 12.3 Å². The molecule has 0 radical (unpaired) electrons. The first-order valence-corrected chi connectivity index (χ1v) is 10.6. The Morgan fingerprint density at radius 1 is 1.19 bits per heavy atom. The van der Waals surface area contributed by atoms with Crippen LogP contribution in [0.15, 0.2) is 24.3 Å². The summed E-state index contributed by atoms with van der Waals surface area (Å²) in [7, 11) is 2.97. The zero-order chi connectivity index (χ0) is 22.8. The Kier molecular flexibility index (Phi) is 9.37. The van der Waals surface area contributed by atoms with E-state index in [1.54, 1.807) is 24.1 Å². The smallest absolute Gasteiger partial charge is 0.329 e. The van der Waals surface area contributed by atoms with Gasteiger partial charge in [-0.3, -0.25) is 19.3 Å². The van der Waals surface area contributed by atoms with Crippen LogP contribution in [0.5, 0.6) is 0 Å². The molecule has 1 heterocycles. The van der Waals surface area contributed by atoms with Gasteiger partial charge in [0.05, 0.1) is 7.11 Å². The van der Waals surface area contributed by atoms with Crippen molar-refractivity contribution >= 4 is 30.0 Å². The van der Waals surface area contributed by atoms with E-state index in [4.69, 9.17) is 0 Å². The summed E-state index contributed by atoms with van der Waals surface area (Å²) >= 11 is 0. The second-order valence-corrected chi connectivity index (χ2v) is 7.63. The lowest BCUT2D eigenvalue weighted by molar-refractivity contribution is -0.155. The van der Waals surface area contributed by atoms with E-state index in [9.17, 15) is 24.0 Å². The third kappa shape index (κ3) is 6.47. The van der Waals surface area contributed by atoms with E-state index in [0.29, 0.717) is 50.6 Å². The SMILES string of the molecule is COC(=O)C1CCC(=O)N1C(=O)CCCCCN(C)C(=O)c1ccccc1CCC=O. The average molecular weight is 431 g/mol. The van der Waals surface area contributed by atoms with Crippen LogP contribution < -0.4 is 0 Å². The molecule has 1 aliphatic rings. The van der Waals surface area contributed by atoms with E-state index >= 15 is 0 Å². The third-order valence-corrected chi connectivity index (χ3v) is 5.46. The van der Waals surface area contributed by atoms with E-state index in [1.807, 2.05) is 12.1 Å². The minimum absolute atomic E-state index is 0.0961. The second-order valence-electron chi connectivity index (χ2n) is 7.63. The van der Waals surface area contributed by atoms with Crippen LogP contribution in [-0.4, -0.2) is 66.5 Å². The number of nitrogens with zero attached hydrogens (tertiary/aromatic N) is 2. The lowest BCUT2D eigenvalue weighted by atomic mass is 10.0. The molecule has 1 aromatic carbocycles. The number of aldehydes is 1. The summed E-state index contributed by atoms with van der Waals surface area (Å²) < 4.78 is 4.68. The number of aryl methyl sites for hydroxylation is 1. The van der Waals surface area contributed by atoms with Crippen molar-refractivity contribution in [1.82, 2.24) is 9.80 Å². The molecule has 0 aliphatic carbocycles. The maximum Gasteiger partial charge on any atom is 0.329 e. The standard InChI is InChI=1S/C23H30N2O6/c1-24(22(29)18-11-6-5-9-17(18)10-8-16-26)15-7-3-4-12-20(27)25-19(23(30)31-2)13-14-21(25)28/h5-6,9,11,16,19H,3-4,7-8,10,12-15H2,1-2H3. The molecule has 1 aliphatic heterocycles. The molecule has 0 aromatic heterocycles. The molecule has 8 heteroatoms. The number of rotatable bonds is 11. The molecule has 168 valence electrons. The fraction of sp³-hybridized carbons (Fsp3) is 0.522. The van der Waals surface area contributed by atoms with Gasteiger partial charge < -0.3 is 14.4 Å². The zero-order valence-electron chi connectivity index (χ0n) is 18.2. The number of hydrogen-bond donors (Lipinski definition) is 0. The van der Waals surface area contributed by atoms with Gasteiger partial charge in [-0.15, -0.1) is 0 Å². The lowest BCUT2D eigenvalue weighted by Crippen LogP contribution is -2.43. The van der Waals surface area contributed by atoms with Gasteiger partial charge in [0, 0.05) is 38.4 Å². The number of benzene rings is 1. The molecule has 0 N–H and O–H groups in total. The van der Waals surface area contributed by atoms with Crippen LogP contribution >= 0.6 is 0 Å². The van der Waals surface area contributed by atoms with E-state index in [0.717, 1.165) is 16.7 Å². The molecular formula is C23H30N2O6. The van der Waals surface area contributed by atoms with Crippen molar-refractivity contribution < 1.29 is 28.7 Å². The van der Waals surface area contributed by atoms with E-state index in [-0.39, 0.29) is 30.6 Å². The molecule has 3 amide bonds. The lowest BCUT2D eigenvalue weighted by Gasteiger charge is -2.21. The van der Waals surface area contributed by atoms with E-state index in [1.165, 1.54) is 7.11 Å². The summed E-state index contributed by atoms with van der Waals surface area (Å²) in [6.07, 6.45) is 4.38. The number of hydrogen-bond acceptors (Lipinski definition) is 6. The first-order valence-electron chi connectivity index (χ1n) is 10.6. The van der Waals surface area contributed by atoms with Crippen molar-refractivity contribution in [2.24, 2.45) is 0 Å². The van der Waals surface area contributed by atoms with Gasteiger partial charge >= 0.3 is 5.97 Å². The van der Waals surface area contributed by atoms with Gasteiger partial charge in [-0.05, 0) is 37.3 Å². The van der Waals surface area contributed by atoms with Crippen molar-refractivity contribution in [3.8, 4) is 0 Å². The predicted molar refractivity (Wildman–Crippen MR) is 113 cm³/mol. The number of esters is 1. The fourth-order valence-electron chi connectivity index (χ4n) is 3.75. The molecule has 1 fully saturated rings. The minimum atomic E-state index is -0.812. The Balaban J connectivity index is 1.78. The Morgan fingerprint density at radius 3 is 2.65 bits per heavy atom. The van der Waals surface area contributed by atoms with Crippen molar-refractivity contribution in [3.63, 3.8) is 0 Å². The molecule has 1 saturated heterocycles. The summed E-state index contributed by atoms with van der Waals surface area (Å²) in [5, 5.41) is 0. The van der Waals surface area contributed by atoms with Crippen LogP contribution in [0.25, 0.3) is 0 Å². The average Bonchev–Trinajstić information content (AvgIpc) is 3.17. The topological polar surface area (TPSA) is 101 Å². The Bertz CT molecular complexity index is 822. The normalized spacial score (nSPS) is 15.6. The predicted octanol–water partition coefficient (Wildman–Crippen LogP) is 2.14. The summed E-state index contributed by atoms with van der Waals surface area (Å²) in [5.74, 6) is -1.35. The molecule has 0 spiro atoms. The number of methoxy groups -OCH3 is 1. The molecule has 1 unspecified atom stereocenters. The van der Waals surface area contributed by atoms with Crippen molar-refractivity contribution in [2.75, 3.05) is 20.7 Å². The Labute approximate surface area is 182 Å². The van der Waals surface area contributed by atoms with Gasteiger partial charge in [0.15, 0.2) is 0 Å². The van der Waals surface area contributed by atoms with Crippen LogP contribution in [0.2, 0.25) is 0 Å². The first-order chi connectivity index (χ1) is 14.9. The molecular weight excluding hydrogens is 400 g/mol. The summed E-state index contributed by atoms with van der Waals surface area (Å²) in [6.45, 7) is 0.530. The first kappa shape index (κ1) is 24.2. The maximum atomic E-state index is 12.7. The molecule has 8 nitrogen and oxygen atoms in total. The van der Waals surface area contributed by atoms with Gasteiger partial charge in [-0.25, -0.2) is 4.79 Å². The Morgan fingerprint density at radius 2 is 1.94 bits per heavy atom. The molecule has 31 heavy (non-hydrogen) atoms. The number of carbonyl (C=O) groups excluding carboxylic acids is 5. The highest BCUT2D eigenvalue weighted by molar-refractivity contribution is 6.01. The monoisotopic (exact) mass is 430 g/mol. The fourth-order valence-corrected chi connectivity index (χ4v) is 3.75. The van der Waals surface area contributed by atoms with Gasteiger partial charge in [0.2, 0.25) is 11.8 Å². The van der Waals surface area contributed by atoms with Crippen molar-refractivity contribution in [2.45, 2.75) is 57.4 Å². The number of carbonyl (C=O) groups is 5. The maximum absolute atomic E-state index is 12.7. The second kappa shape index (κ2) is 12.0. The van der Waals surface area contributed by atoms with Crippen LogP contribution in [0.3, 0.4) is 0 Å². The highest BCUT2D eigenvalue weighted by Crippen LogP contribution is 2.22. The van der Waals surface area contributed by atoms with Crippen LogP contribution in [0.1, 0.15) is 60.9 Å². The van der Waals surface area contributed by atoms with Crippen molar-refractivity contribution in [3.05, 3.63) is 35.4 Å². The van der Waals surface area contributed by atoms with Crippen LogP contribution in [0, 0.1) is 0 Å². The van der Waals surface area contributed by atoms with E-state index < -0.39 is 12.0 Å². The molecule has 0 bridgehead atoms. The van der Waals surface area contributed by atoms with Crippen LogP contribution in [-0.2, 0) is 30.3 Å². The van der Waals surface area contributed by atoms with Gasteiger partial charge in [0.25, 0.3) is 5.91 Å². The van der Waals surface area contributed by atoms with Gasteiger partial charge in [-0.2, -0.15) is 0 Å². The summed E-state index contributed by atoms with van der Waals surface area (Å²) in [6, 6.07) is 6.47. The Hall–Kier alpha value is -3.03. The van der Waals surface area contributed by atoms with Crippen molar-refractivity contribution in [1.29, 1.82) is 0 Å². The van der Waals surface area contributed by atoms with Gasteiger partial charge in [-0.1, -0.05) is 24.6 Å². The summed E-state index contributed by atoms with van der Waals surface area (Å²) in [5.41, 5.74) is 1.45. The number of ether oxygens (including phenoxy) is 1. The quantitative estimate of drug-likeness (QED) is 0.303. The highest BCUT2D eigenvalue weighted by atomic mass is 16.5. The molecule has 0 saturated carbocycles. The zero-order valence-corrected chi connectivity index (χ0v) is 18.2. The number of imide groups is 1. The summed E-state index contributed by atoms with van der Waals surface area (Å²) in [4.78, 5) is 62.2. The highest BCUT2D eigenvalue weighted by Gasteiger charge is 2.40. The largest absolute Gasteiger partial charge is 0.467 e. The third-order valence-electron chi connectivity index (χ3n) is 5.46. The molecule has 1 atom stereocenters. The number of amides is 3. The van der Waals surface area contributed by atoms with Crippen LogP contribution in [0.4, 0.5) is 0 Å².